The van der Waals surface area contributed by atoms with Crippen LogP contribution >= 0.6 is 0 Å². The highest BCUT2D eigenvalue weighted by Gasteiger charge is 2.88. The van der Waals surface area contributed by atoms with E-state index in [-0.39, 0.29) is 0 Å². The fourth-order valence-corrected chi connectivity index (χ4v) is 1.59. The lowest BCUT2D eigenvalue weighted by molar-refractivity contribution is -0.523. The van der Waals surface area contributed by atoms with Crippen LogP contribution in [0.15, 0.2) is 0 Å². The number of carbonyl (C=O) groups excluding carboxylic acids is 2. The molecule has 0 aliphatic heterocycles. The van der Waals surface area contributed by atoms with E-state index in [1.54, 1.807) is 4.74 Å². The van der Waals surface area contributed by atoms with Gasteiger partial charge in [-0.05, 0) is 0 Å². The molecular formula is C12H2F20O4. The first-order chi connectivity index (χ1) is 15.2. The summed E-state index contributed by atoms with van der Waals surface area (Å²) in [6.45, 7) is 0. The van der Waals surface area contributed by atoms with Gasteiger partial charge in [-0.2, -0.15) is 74.6 Å². The molecule has 0 heterocycles. The van der Waals surface area contributed by atoms with Crippen LogP contribution in [0.5, 0.6) is 0 Å². The predicted octanol–water partition coefficient (Wildman–Crippen LogP) is 5.95. The van der Waals surface area contributed by atoms with Gasteiger partial charge >= 0.3 is 54.6 Å². The Balaban J connectivity index is 6.03. The number of rotatable bonds is 11. The Morgan fingerprint density at radius 1 is 0.472 bits per heavy atom. The van der Waals surface area contributed by atoms with Gasteiger partial charge in [0.25, 0.3) is 0 Å². The van der Waals surface area contributed by atoms with Gasteiger partial charge in [-0.25, -0.2) is 9.47 Å². The van der Waals surface area contributed by atoms with Gasteiger partial charge < -0.3 is 0 Å². The molecule has 0 saturated carbocycles. The number of alkyl halides is 20. The fourth-order valence-electron chi connectivity index (χ4n) is 1.59. The Morgan fingerprint density at radius 3 is 1.17 bits per heavy atom. The Bertz CT molecular complexity index is 837. The van der Waals surface area contributed by atoms with E-state index in [0.29, 0.717) is 0 Å². The minimum absolute atomic E-state index is 1.41. The van der Waals surface area contributed by atoms with E-state index in [0.717, 1.165) is 0 Å². The molecule has 24 heteroatoms. The van der Waals surface area contributed by atoms with Crippen molar-refractivity contribution in [1.82, 2.24) is 0 Å². The van der Waals surface area contributed by atoms with Crippen molar-refractivity contribution in [1.29, 1.82) is 0 Å². The zero-order chi connectivity index (χ0) is 29.8. The number of hydrogen-bond acceptors (Lipinski definition) is 4. The van der Waals surface area contributed by atoms with E-state index in [1.165, 1.54) is 4.74 Å². The first-order valence-corrected chi connectivity index (χ1v) is 7.46. The molecule has 4 nitrogen and oxygen atoms in total. The third-order valence-corrected chi connectivity index (χ3v) is 3.37. The van der Waals surface area contributed by atoms with Gasteiger partial charge in [0.15, 0.2) is 0 Å². The summed E-state index contributed by atoms with van der Waals surface area (Å²) in [5.74, 6) is -40.6. The van der Waals surface area contributed by atoms with Crippen molar-refractivity contribution < 1.29 is 107 Å². The average Bonchev–Trinajstić information content (AvgIpc) is 2.56. The Labute approximate surface area is 181 Å². The maximum absolute atomic E-state index is 13.3. The second kappa shape index (κ2) is 9.01. The van der Waals surface area contributed by atoms with Crippen molar-refractivity contribution in [3.63, 3.8) is 0 Å². The molecule has 0 unspecified atom stereocenters. The molecule has 0 N–H and O–H groups in total. The molecular weight excluding hydrogens is 588 g/mol. The predicted molar refractivity (Wildman–Crippen MR) is 63.5 cm³/mol. The molecule has 0 amide bonds. The number of Topliss-reactive ketones (excluding diaryl/α,β-unsaturated/α-hetero) is 2. The lowest BCUT2D eigenvalue weighted by atomic mass is 9.93. The summed E-state index contributed by atoms with van der Waals surface area (Å²) >= 11 is 0. The topological polar surface area (TPSA) is 52.6 Å². The van der Waals surface area contributed by atoms with Crippen LogP contribution in [0.3, 0.4) is 0 Å². The summed E-state index contributed by atoms with van der Waals surface area (Å²) in [6.07, 6.45) is -39.5. The maximum atomic E-state index is 13.3. The van der Waals surface area contributed by atoms with Crippen LogP contribution in [0, 0.1) is 0 Å². The van der Waals surface area contributed by atoms with Crippen LogP contribution in [-0.4, -0.2) is 66.1 Å². The molecule has 0 radical (unpaired) electrons. The minimum Gasteiger partial charge on any atom is -0.292 e. The van der Waals surface area contributed by atoms with Gasteiger partial charge in [0.1, 0.15) is 0 Å². The lowest BCUT2D eigenvalue weighted by Gasteiger charge is -2.36. The van der Waals surface area contributed by atoms with Gasteiger partial charge in [0.2, 0.25) is 11.6 Å². The second-order valence-electron chi connectivity index (χ2n) is 6.02. The van der Waals surface area contributed by atoms with Gasteiger partial charge in [-0.15, -0.1) is 13.2 Å². The largest absolute Gasteiger partial charge is 0.527 e. The zero-order valence-electron chi connectivity index (χ0n) is 15.4. The van der Waals surface area contributed by atoms with E-state index in [4.69, 9.17) is 0 Å². The number of ketones is 2. The molecule has 0 rings (SSSR count). The van der Waals surface area contributed by atoms with Crippen LogP contribution in [0.1, 0.15) is 6.42 Å². The van der Waals surface area contributed by atoms with Gasteiger partial charge in [0.05, 0.1) is 6.42 Å². The summed E-state index contributed by atoms with van der Waals surface area (Å²) < 4.78 is 255. The van der Waals surface area contributed by atoms with Crippen molar-refractivity contribution in [2.45, 2.75) is 61.0 Å². The smallest absolute Gasteiger partial charge is 0.292 e. The van der Waals surface area contributed by atoms with Crippen LogP contribution in [0.25, 0.3) is 0 Å². The first-order valence-electron chi connectivity index (χ1n) is 7.46. The molecule has 0 spiro atoms. The molecule has 214 valence electrons. The van der Waals surface area contributed by atoms with Crippen molar-refractivity contribution in [2.24, 2.45) is 0 Å². The standard InChI is InChI=1S/C12H2F20O4/c13-4(14,6(17,18)7(19,20)8(21,22)9(23,24)25)2(33)1-3(34)5(15,16)35-10(26,27)11(28,29)36-12(30,31)32/h1H2. The van der Waals surface area contributed by atoms with Gasteiger partial charge in [-0.3, -0.25) is 9.59 Å². The number of halogens is 20. The SMILES string of the molecule is O=C(CC(=O)C(F)(F)C(F)(F)C(F)(F)C(F)(F)C(F)(F)F)C(F)(F)OC(F)(F)C(F)(F)OC(F)(F)F. The average molecular weight is 590 g/mol. The Hall–Kier alpha value is -2.14. The minimum atomic E-state index is -8.26. The monoisotopic (exact) mass is 590 g/mol. The van der Waals surface area contributed by atoms with E-state index >= 15 is 0 Å². The maximum Gasteiger partial charge on any atom is 0.527 e. The van der Waals surface area contributed by atoms with E-state index in [1.807, 2.05) is 0 Å². The highest BCUT2D eigenvalue weighted by molar-refractivity contribution is 6.05. The quantitative estimate of drug-likeness (QED) is 0.221. The van der Waals surface area contributed by atoms with Crippen LogP contribution < -0.4 is 0 Å². The molecule has 0 atom stereocenters. The third-order valence-electron chi connectivity index (χ3n) is 3.37. The van der Waals surface area contributed by atoms with Crippen LogP contribution in [0.2, 0.25) is 0 Å². The van der Waals surface area contributed by atoms with Crippen molar-refractivity contribution in [3.05, 3.63) is 0 Å². The van der Waals surface area contributed by atoms with E-state index in [2.05, 4.69) is 0 Å². The highest BCUT2D eigenvalue weighted by atomic mass is 19.4. The normalized spacial score (nSPS) is 15.8. The fraction of sp³-hybridized carbons (Fsp3) is 0.833. The van der Waals surface area contributed by atoms with Crippen LogP contribution in [0.4, 0.5) is 87.8 Å². The first kappa shape index (κ1) is 33.9. The molecule has 0 bridgehead atoms. The van der Waals surface area contributed by atoms with Crippen LogP contribution in [-0.2, 0) is 19.1 Å². The van der Waals surface area contributed by atoms with Crippen molar-refractivity contribution >= 4 is 11.6 Å². The summed E-state index contributed by atoms with van der Waals surface area (Å²) in [4.78, 5) is 21.8. The molecule has 0 saturated heterocycles. The Morgan fingerprint density at radius 2 is 0.833 bits per heavy atom. The molecule has 0 aromatic carbocycles. The number of carbonyl (C=O) groups is 2. The molecule has 0 aromatic heterocycles. The molecule has 0 fully saturated rings. The van der Waals surface area contributed by atoms with E-state index in [9.17, 15) is 97.4 Å². The molecule has 0 aromatic rings. The Kier molecular flexibility index (Phi) is 8.47. The van der Waals surface area contributed by atoms with Gasteiger partial charge in [0, 0.05) is 0 Å². The molecule has 36 heavy (non-hydrogen) atoms. The highest BCUT2D eigenvalue weighted by Crippen LogP contribution is 2.57. The number of ether oxygens (including phenoxy) is 2. The third kappa shape index (κ3) is 6.04. The van der Waals surface area contributed by atoms with E-state index < -0.39 is 72.5 Å². The molecule has 0 aliphatic rings. The number of hydrogen-bond donors (Lipinski definition) is 0. The second-order valence-corrected chi connectivity index (χ2v) is 6.02. The summed E-state index contributed by atoms with van der Waals surface area (Å²) in [6, 6.07) is 0. The summed E-state index contributed by atoms with van der Waals surface area (Å²) in [7, 11) is 0. The zero-order valence-corrected chi connectivity index (χ0v) is 15.4. The summed E-state index contributed by atoms with van der Waals surface area (Å²) in [5.41, 5.74) is 0. The van der Waals surface area contributed by atoms with Gasteiger partial charge in [-0.1, -0.05) is 0 Å². The molecule has 0 aliphatic carbocycles. The summed E-state index contributed by atoms with van der Waals surface area (Å²) in [5, 5.41) is 0. The lowest BCUT2D eigenvalue weighted by Crippen LogP contribution is -2.68. The van der Waals surface area contributed by atoms with Crippen molar-refractivity contribution in [3.8, 4) is 0 Å². The van der Waals surface area contributed by atoms with Crippen molar-refractivity contribution in [2.75, 3.05) is 0 Å².